The molecule has 0 saturated heterocycles. The lowest BCUT2D eigenvalue weighted by atomic mass is 10.1. The minimum absolute atomic E-state index is 0. The molecule has 0 unspecified atom stereocenters. The summed E-state index contributed by atoms with van der Waals surface area (Å²) in [4.78, 5) is 4.30. The summed E-state index contributed by atoms with van der Waals surface area (Å²) in [6.45, 7) is 1.87. The Kier molecular flexibility index (Phi) is 2.65. The van der Waals surface area contributed by atoms with Gasteiger partial charge in [-0.25, -0.2) is 4.98 Å². The molecule has 0 N–H and O–H groups in total. The molecule has 1 heterocycles. The second-order valence-corrected chi connectivity index (χ2v) is 3.37. The van der Waals surface area contributed by atoms with Gasteiger partial charge in [-0.05, 0) is 11.5 Å². The Bertz CT molecular complexity index is 615. The van der Waals surface area contributed by atoms with E-state index in [-0.39, 0.29) is 24.0 Å². The number of fused-ring (bicyclic) bond motifs is 3. The lowest BCUT2D eigenvalue weighted by Gasteiger charge is -1.95. The summed E-state index contributed by atoms with van der Waals surface area (Å²) in [6.07, 6.45) is 0. The number of benzene rings is 2. The van der Waals surface area contributed by atoms with E-state index in [0.29, 0.717) is 0 Å². The summed E-state index contributed by atoms with van der Waals surface area (Å²) in [5.41, 5.74) is 1.82. The largest absolute Gasteiger partial charge is 0.440 e. The van der Waals surface area contributed by atoms with Crippen molar-refractivity contribution >= 4 is 45.8 Å². The molecule has 3 rings (SSSR count). The van der Waals surface area contributed by atoms with Crippen molar-refractivity contribution in [3.05, 3.63) is 42.3 Å². The number of nitrogens with zero attached hydrogens (tertiary/aromatic N) is 1. The van der Waals surface area contributed by atoms with E-state index in [4.69, 9.17) is 4.42 Å². The fourth-order valence-electron chi connectivity index (χ4n) is 1.77. The molecular weight excluding hydrogens is 301 g/mol. The lowest BCUT2D eigenvalue weighted by Crippen LogP contribution is -1.72. The molecule has 2 aromatic carbocycles. The van der Waals surface area contributed by atoms with E-state index >= 15 is 0 Å². The average Bonchev–Trinajstić information content (AvgIpc) is 2.59. The highest BCUT2D eigenvalue weighted by Crippen LogP contribution is 2.25. The van der Waals surface area contributed by atoms with E-state index in [1.807, 2.05) is 25.1 Å². The van der Waals surface area contributed by atoms with E-state index in [2.05, 4.69) is 23.2 Å². The normalized spacial score (nSPS) is 10.5. The number of hydrogen-bond acceptors (Lipinski definition) is 2. The van der Waals surface area contributed by atoms with Gasteiger partial charge in [0.05, 0.1) is 0 Å². The fourth-order valence-corrected chi connectivity index (χ4v) is 1.77. The summed E-state index contributed by atoms with van der Waals surface area (Å²) < 4.78 is 5.57. The van der Waals surface area contributed by atoms with Crippen LogP contribution in [-0.4, -0.2) is 4.98 Å². The van der Waals surface area contributed by atoms with E-state index < -0.39 is 0 Å². The number of aryl methyl sites for hydroxylation is 1. The molecule has 0 aliphatic carbocycles. The first-order valence-electron chi connectivity index (χ1n) is 4.59. The van der Waals surface area contributed by atoms with E-state index in [9.17, 15) is 0 Å². The number of aromatic nitrogens is 1. The van der Waals surface area contributed by atoms with Crippen LogP contribution in [0.25, 0.3) is 21.9 Å². The number of hydrogen-bond donors (Lipinski definition) is 0. The van der Waals surface area contributed by atoms with Gasteiger partial charge in [0.15, 0.2) is 11.5 Å². The Balaban J connectivity index is 0.000000853. The van der Waals surface area contributed by atoms with Crippen LogP contribution >= 0.6 is 24.0 Å². The molecule has 0 spiro atoms. The second-order valence-electron chi connectivity index (χ2n) is 3.37. The van der Waals surface area contributed by atoms with Gasteiger partial charge in [-0.1, -0.05) is 30.3 Å². The van der Waals surface area contributed by atoms with Crippen molar-refractivity contribution in [2.45, 2.75) is 6.92 Å². The van der Waals surface area contributed by atoms with Crippen molar-refractivity contribution in [3.8, 4) is 0 Å². The molecule has 0 aliphatic heterocycles. The first-order chi connectivity index (χ1) is 6.84. The van der Waals surface area contributed by atoms with E-state index in [1.165, 1.54) is 5.39 Å². The van der Waals surface area contributed by atoms with E-state index in [0.717, 1.165) is 22.4 Å². The predicted octanol–water partition coefficient (Wildman–Crippen LogP) is 3.91. The molecule has 0 atom stereocenters. The highest BCUT2D eigenvalue weighted by molar-refractivity contribution is 14.0. The van der Waals surface area contributed by atoms with Crippen molar-refractivity contribution in [1.29, 1.82) is 0 Å². The zero-order valence-corrected chi connectivity index (χ0v) is 10.6. The maximum absolute atomic E-state index is 5.57. The summed E-state index contributed by atoms with van der Waals surface area (Å²) in [6, 6.07) is 12.2. The van der Waals surface area contributed by atoms with Crippen LogP contribution in [0.1, 0.15) is 5.89 Å². The van der Waals surface area contributed by atoms with Gasteiger partial charge in [0.25, 0.3) is 0 Å². The van der Waals surface area contributed by atoms with Crippen LogP contribution in [0.3, 0.4) is 0 Å². The maximum Gasteiger partial charge on any atom is 0.192 e. The summed E-state index contributed by atoms with van der Waals surface area (Å²) in [7, 11) is 0. The Morgan fingerprint density at radius 2 is 1.87 bits per heavy atom. The summed E-state index contributed by atoms with van der Waals surface area (Å²) in [5.74, 6) is 0.719. The van der Waals surface area contributed by atoms with Crippen molar-refractivity contribution in [2.24, 2.45) is 0 Å². The molecule has 0 bridgehead atoms. The zero-order valence-electron chi connectivity index (χ0n) is 8.23. The van der Waals surface area contributed by atoms with E-state index in [1.54, 1.807) is 0 Å². The Morgan fingerprint density at radius 3 is 2.73 bits per heavy atom. The highest BCUT2D eigenvalue weighted by atomic mass is 127. The molecule has 76 valence electrons. The molecule has 3 heteroatoms. The zero-order chi connectivity index (χ0) is 9.54. The molecule has 0 fully saturated rings. The number of halogens is 1. The molecule has 3 aromatic rings. The van der Waals surface area contributed by atoms with Crippen molar-refractivity contribution in [2.75, 3.05) is 0 Å². The van der Waals surface area contributed by atoms with Crippen LogP contribution in [-0.2, 0) is 0 Å². The standard InChI is InChI=1S/C12H9NO.HI/c1-8-13-11-7-6-9-4-2-3-5-10(9)12(11)14-8;/h2-7H,1H3;1H. The van der Waals surface area contributed by atoms with Crippen molar-refractivity contribution in [3.63, 3.8) is 0 Å². The topological polar surface area (TPSA) is 26.0 Å². The number of oxazole rings is 1. The van der Waals surface area contributed by atoms with Gasteiger partial charge < -0.3 is 4.42 Å². The smallest absolute Gasteiger partial charge is 0.192 e. The van der Waals surface area contributed by atoms with Crippen molar-refractivity contribution in [1.82, 2.24) is 4.98 Å². The third-order valence-corrected chi connectivity index (χ3v) is 2.39. The second kappa shape index (κ2) is 3.81. The molecule has 2 nitrogen and oxygen atoms in total. The SMILES string of the molecule is Cc1nc2ccc3ccccc3c2o1.I. The van der Waals surface area contributed by atoms with Crippen LogP contribution in [0, 0.1) is 6.92 Å². The molecule has 0 saturated carbocycles. The van der Waals surface area contributed by atoms with Crippen LogP contribution < -0.4 is 0 Å². The quantitative estimate of drug-likeness (QED) is 0.588. The molecule has 1 aromatic heterocycles. The van der Waals surface area contributed by atoms with Gasteiger partial charge in [-0.3, -0.25) is 0 Å². The fraction of sp³-hybridized carbons (Fsp3) is 0.0833. The predicted molar refractivity (Wildman–Crippen MR) is 71.7 cm³/mol. The monoisotopic (exact) mass is 311 g/mol. The minimum Gasteiger partial charge on any atom is -0.440 e. The van der Waals surface area contributed by atoms with Gasteiger partial charge in [0, 0.05) is 12.3 Å². The third kappa shape index (κ3) is 1.61. The number of rotatable bonds is 0. The lowest BCUT2D eigenvalue weighted by molar-refractivity contribution is 0.563. The van der Waals surface area contributed by atoms with Gasteiger partial charge in [-0.15, -0.1) is 24.0 Å². The molecular formula is C12H10INO. The molecule has 15 heavy (non-hydrogen) atoms. The van der Waals surface area contributed by atoms with Gasteiger partial charge in [0.1, 0.15) is 5.52 Å². The highest BCUT2D eigenvalue weighted by Gasteiger charge is 2.05. The minimum atomic E-state index is 0. The van der Waals surface area contributed by atoms with Crippen molar-refractivity contribution < 1.29 is 4.42 Å². The Hall–Kier alpha value is -1.10. The van der Waals surface area contributed by atoms with Crippen LogP contribution in [0.15, 0.2) is 40.8 Å². The van der Waals surface area contributed by atoms with Gasteiger partial charge in [0.2, 0.25) is 0 Å². The molecule has 0 radical (unpaired) electrons. The first kappa shape index (κ1) is 10.4. The van der Waals surface area contributed by atoms with Crippen LogP contribution in [0.2, 0.25) is 0 Å². The Morgan fingerprint density at radius 1 is 1.07 bits per heavy atom. The Labute approximate surface area is 104 Å². The molecule has 0 aliphatic rings. The molecule has 0 amide bonds. The summed E-state index contributed by atoms with van der Waals surface area (Å²) >= 11 is 0. The van der Waals surface area contributed by atoms with Crippen LogP contribution in [0.5, 0.6) is 0 Å². The first-order valence-corrected chi connectivity index (χ1v) is 4.59. The summed E-state index contributed by atoms with van der Waals surface area (Å²) in [5, 5.41) is 2.32. The third-order valence-electron chi connectivity index (χ3n) is 2.39. The maximum atomic E-state index is 5.57. The van der Waals surface area contributed by atoms with Crippen LogP contribution in [0.4, 0.5) is 0 Å². The van der Waals surface area contributed by atoms with Gasteiger partial charge in [-0.2, -0.15) is 0 Å². The average molecular weight is 311 g/mol. The van der Waals surface area contributed by atoms with Gasteiger partial charge >= 0.3 is 0 Å².